The number of methoxy groups -OCH3 is 1. The van der Waals surface area contributed by atoms with E-state index in [0.29, 0.717) is 17.2 Å². The van der Waals surface area contributed by atoms with Crippen molar-refractivity contribution in [3.05, 3.63) is 76.6 Å². The molecule has 4 rings (SSSR count). The normalized spacial score (nSPS) is 11.7. The zero-order valence-electron chi connectivity index (χ0n) is 23.8. The van der Waals surface area contributed by atoms with Gasteiger partial charge in [0.2, 0.25) is 5.91 Å². The first kappa shape index (κ1) is 30.5. The van der Waals surface area contributed by atoms with E-state index >= 15 is 0 Å². The van der Waals surface area contributed by atoms with E-state index < -0.39 is 29.6 Å². The molecule has 2 heterocycles. The molecule has 4 aromatic rings. The molecular weight excluding hydrogens is 576 g/mol. The number of hydrogen-bond donors (Lipinski definition) is 3. The van der Waals surface area contributed by atoms with Crippen LogP contribution in [-0.2, 0) is 16.1 Å². The summed E-state index contributed by atoms with van der Waals surface area (Å²) in [5, 5.41) is 12.9. The van der Waals surface area contributed by atoms with Gasteiger partial charge in [0.25, 0.3) is 5.91 Å². The smallest absolute Gasteiger partial charge is 0.408 e. The van der Waals surface area contributed by atoms with Crippen molar-refractivity contribution in [2.75, 3.05) is 12.4 Å². The summed E-state index contributed by atoms with van der Waals surface area (Å²) >= 11 is 3.11. The molecule has 1 atom stereocenters. The van der Waals surface area contributed by atoms with Crippen molar-refractivity contribution in [2.45, 2.75) is 45.9 Å². The van der Waals surface area contributed by atoms with Crippen LogP contribution in [0.25, 0.3) is 9.88 Å². The van der Waals surface area contributed by atoms with Gasteiger partial charge in [-0.2, -0.15) is 0 Å². The molecular formula is C30H32N4O6S2. The van der Waals surface area contributed by atoms with Crippen LogP contribution in [0.3, 0.4) is 0 Å². The number of aromatic nitrogens is 1. The summed E-state index contributed by atoms with van der Waals surface area (Å²) in [6.45, 7) is 6.94. The van der Waals surface area contributed by atoms with Gasteiger partial charge in [0.05, 0.1) is 29.8 Å². The van der Waals surface area contributed by atoms with Gasteiger partial charge in [0.15, 0.2) is 0 Å². The zero-order chi connectivity index (χ0) is 30.3. The van der Waals surface area contributed by atoms with Gasteiger partial charge in [0.1, 0.15) is 33.9 Å². The minimum absolute atomic E-state index is 0.199. The van der Waals surface area contributed by atoms with Crippen molar-refractivity contribution in [3.8, 4) is 27.1 Å². The second kappa shape index (κ2) is 13.5. The van der Waals surface area contributed by atoms with Gasteiger partial charge in [-0.05, 0) is 81.6 Å². The summed E-state index contributed by atoms with van der Waals surface area (Å²) in [4.78, 5) is 44.0. The molecule has 0 radical (unpaired) electrons. The number of alkyl carbamates (subject to hydrolysis) is 1. The molecule has 0 bridgehead atoms. The predicted octanol–water partition coefficient (Wildman–Crippen LogP) is 6.45. The molecule has 12 heteroatoms. The Morgan fingerprint density at radius 3 is 2.40 bits per heavy atom. The standard InChI is InChI=1S/C30H32N4O6S2/c1-18(32-29(37)40-30(2,3)4)26(35)33-19-8-13-24(39-22-11-9-21(38-5)10-12-22)23(15-19)27(36)31-16-20-17-42-28(34-20)25-7-6-14-41-25/h6-15,17-18H,16H2,1-5H3,(H,31,36)(H,32,37)(H,33,35)/t18-/m0/s1. The SMILES string of the molecule is COc1ccc(Oc2ccc(NC(=O)[C@H](C)NC(=O)OC(C)(C)C)cc2C(=O)NCc2csc(-c3cccs3)n2)cc1. The lowest BCUT2D eigenvalue weighted by Crippen LogP contribution is -2.44. The molecule has 0 aliphatic carbocycles. The van der Waals surface area contributed by atoms with Gasteiger partial charge < -0.3 is 30.2 Å². The summed E-state index contributed by atoms with van der Waals surface area (Å²) in [6, 6.07) is 14.7. The molecule has 0 saturated carbocycles. The van der Waals surface area contributed by atoms with E-state index in [1.54, 1.807) is 75.6 Å². The summed E-state index contributed by atoms with van der Waals surface area (Å²) in [5.41, 5.74) is 0.566. The fourth-order valence-electron chi connectivity index (χ4n) is 3.61. The van der Waals surface area contributed by atoms with Crippen molar-refractivity contribution in [2.24, 2.45) is 0 Å². The van der Waals surface area contributed by atoms with E-state index in [1.165, 1.54) is 24.3 Å². The first-order valence-electron chi connectivity index (χ1n) is 13.0. The van der Waals surface area contributed by atoms with E-state index in [4.69, 9.17) is 14.2 Å². The van der Waals surface area contributed by atoms with Gasteiger partial charge >= 0.3 is 6.09 Å². The second-order valence-electron chi connectivity index (χ2n) is 10.1. The third kappa shape index (κ3) is 8.54. The average Bonchev–Trinajstić information content (AvgIpc) is 3.64. The summed E-state index contributed by atoms with van der Waals surface area (Å²) in [7, 11) is 1.57. The van der Waals surface area contributed by atoms with Crippen LogP contribution in [0.5, 0.6) is 17.2 Å². The average molecular weight is 609 g/mol. The largest absolute Gasteiger partial charge is 0.497 e. The van der Waals surface area contributed by atoms with Crippen LogP contribution in [0, 0.1) is 0 Å². The molecule has 10 nitrogen and oxygen atoms in total. The van der Waals surface area contributed by atoms with Crippen LogP contribution in [0.15, 0.2) is 65.4 Å². The quantitative estimate of drug-likeness (QED) is 0.189. The first-order valence-corrected chi connectivity index (χ1v) is 14.8. The van der Waals surface area contributed by atoms with Gasteiger partial charge in [-0.15, -0.1) is 22.7 Å². The Labute approximate surface area is 252 Å². The van der Waals surface area contributed by atoms with Crippen LogP contribution in [0.2, 0.25) is 0 Å². The number of nitrogens with one attached hydrogen (secondary N) is 3. The molecule has 3 N–H and O–H groups in total. The Morgan fingerprint density at radius 2 is 1.74 bits per heavy atom. The third-order valence-electron chi connectivity index (χ3n) is 5.62. The third-order valence-corrected chi connectivity index (χ3v) is 7.55. The van der Waals surface area contributed by atoms with Crippen LogP contribution in [-0.4, -0.2) is 41.6 Å². The van der Waals surface area contributed by atoms with E-state index in [0.717, 1.165) is 15.6 Å². The maximum Gasteiger partial charge on any atom is 0.408 e. The summed E-state index contributed by atoms with van der Waals surface area (Å²) < 4.78 is 16.4. The number of thiazole rings is 1. The highest BCUT2D eigenvalue weighted by molar-refractivity contribution is 7.20. The highest BCUT2D eigenvalue weighted by atomic mass is 32.1. The lowest BCUT2D eigenvalue weighted by atomic mass is 10.1. The summed E-state index contributed by atoms with van der Waals surface area (Å²) in [5.74, 6) is 0.544. The molecule has 0 saturated heterocycles. The van der Waals surface area contributed by atoms with Crippen molar-refractivity contribution in [3.63, 3.8) is 0 Å². The fraction of sp³-hybridized carbons (Fsp3) is 0.267. The molecule has 2 aromatic heterocycles. The van der Waals surface area contributed by atoms with Crippen LogP contribution in [0.1, 0.15) is 43.7 Å². The topological polar surface area (TPSA) is 128 Å². The van der Waals surface area contributed by atoms with Crippen molar-refractivity contribution < 1.29 is 28.6 Å². The minimum atomic E-state index is -0.894. The van der Waals surface area contributed by atoms with Gasteiger partial charge in [-0.25, -0.2) is 9.78 Å². The Morgan fingerprint density at radius 1 is 1.00 bits per heavy atom. The second-order valence-corrected chi connectivity index (χ2v) is 12.0. The van der Waals surface area contributed by atoms with Crippen molar-refractivity contribution >= 4 is 46.3 Å². The number of nitrogens with zero attached hydrogens (tertiary/aromatic N) is 1. The van der Waals surface area contributed by atoms with Crippen molar-refractivity contribution in [1.82, 2.24) is 15.6 Å². The van der Waals surface area contributed by atoms with Crippen LogP contribution >= 0.6 is 22.7 Å². The molecule has 0 fully saturated rings. The Bertz CT molecular complexity index is 1530. The Hall–Kier alpha value is -4.42. The molecule has 2 aromatic carbocycles. The highest BCUT2D eigenvalue weighted by Crippen LogP contribution is 2.30. The molecule has 0 spiro atoms. The van der Waals surface area contributed by atoms with E-state index in [-0.39, 0.29) is 17.9 Å². The first-order chi connectivity index (χ1) is 20.0. The highest BCUT2D eigenvalue weighted by Gasteiger charge is 2.22. The number of benzene rings is 2. The minimum Gasteiger partial charge on any atom is -0.497 e. The van der Waals surface area contributed by atoms with Gasteiger partial charge in [-0.1, -0.05) is 6.07 Å². The lowest BCUT2D eigenvalue weighted by Gasteiger charge is -2.21. The monoisotopic (exact) mass is 608 g/mol. The number of anilines is 1. The number of carbonyl (C=O) groups excluding carboxylic acids is 3. The summed E-state index contributed by atoms with van der Waals surface area (Å²) in [6.07, 6.45) is -0.710. The number of carbonyl (C=O) groups is 3. The van der Waals surface area contributed by atoms with Gasteiger partial charge in [0, 0.05) is 11.1 Å². The number of rotatable bonds is 10. The van der Waals surface area contributed by atoms with E-state index in [9.17, 15) is 14.4 Å². The Balaban J connectivity index is 1.50. The van der Waals surface area contributed by atoms with E-state index in [2.05, 4.69) is 20.9 Å². The molecule has 0 unspecified atom stereocenters. The maximum atomic E-state index is 13.4. The zero-order valence-corrected chi connectivity index (χ0v) is 25.5. The molecule has 220 valence electrons. The van der Waals surface area contributed by atoms with Crippen LogP contribution < -0.4 is 25.4 Å². The number of ether oxygens (including phenoxy) is 3. The molecule has 0 aliphatic heterocycles. The number of amides is 3. The fourth-order valence-corrected chi connectivity index (χ4v) is 5.25. The maximum absolute atomic E-state index is 13.4. The number of thiophene rings is 1. The van der Waals surface area contributed by atoms with Crippen molar-refractivity contribution in [1.29, 1.82) is 0 Å². The lowest BCUT2D eigenvalue weighted by molar-refractivity contribution is -0.117. The Kier molecular flexibility index (Phi) is 9.81. The van der Waals surface area contributed by atoms with Crippen LogP contribution in [0.4, 0.5) is 10.5 Å². The molecule has 0 aliphatic rings. The molecule has 3 amide bonds. The number of hydrogen-bond acceptors (Lipinski definition) is 9. The van der Waals surface area contributed by atoms with Gasteiger partial charge in [-0.3, -0.25) is 9.59 Å². The molecule has 42 heavy (non-hydrogen) atoms. The van der Waals surface area contributed by atoms with E-state index in [1.807, 2.05) is 22.9 Å². The predicted molar refractivity (Wildman–Crippen MR) is 164 cm³/mol.